The van der Waals surface area contributed by atoms with Gasteiger partial charge in [-0.25, -0.2) is 0 Å². The van der Waals surface area contributed by atoms with Crippen molar-refractivity contribution >= 4 is 36.0 Å². The Labute approximate surface area is 166 Å². The molecule has 5 nitrogen and oxygen atoms in total. The molecule has 1 saturated carbocycles. The van der Waals surface area contributed by atoms with E-state index in [0.717, 1.165) is 24.2 Å². The van der Waals surface area contributed by atoms with Crippen molar-refractivity contribution in [3.05, 3.63) is 29.8 Å². The summed E-state index contributed by atoms with van der Waals surface area (Å²) < 4.78 is 0. The average Bonchev–Trinajstić information content (AvgIpc) is 2.66. The number of thioether (sulfide) groups is 1. The minimum atomic E-state index is -0.107. The van der Waals surface area contributed by atoms with Crippen molar-refractivity contribution in [2.45, 2.75) is 49.5 Å². The van der Waals surface area contributed by atoms with Gasteiger partial charge in [0, 0.05) is 24.5 Å². The Morgan fingerprint density at radius 2 is 1.92 bits per heavy atom. The topological polar surface area (TPSA) is 75.4 Å². The number of hydrogen-bond acceptors (Lipinski definition) is 4. The van der Waals surface area contributed by atoms with Crippen molar-refractivity contribution < 1.29 is 9.59 Å². The summed E-state index contributed by atoms with van der Waals surface area (Å²) in [5.41, 5.74) is 6.08. The van der Waals surface area contributed by atoms with E-state index in [-0.39, 0.29) is 24.2 Å². The Balaban J connectivity index is 0.00000338. The molecule has 26 heavy (non-hydrogen) atoms. The van der Waals surface area contributed by atoms with Crippen LogP contribution in [0.1, 0.15) is 48.9 Å². The lowest BCUT2D eigenvalue weighted by molar-refractivity contribution is -0.129. The van der Waals surface area contributed by atoms with E-state index in [2.05, 4.69) is 5.32 Å². The molecule has 0 saturated heterocycles. The molecule has 2 amide bonds. The van der Waals surface area contributed by atoms with Gasteiger partial charge in [0.25, 0.3) is 5.91 Å². The standard InChI is InChI=1S/C19H29N3O2S.ClH/c1-22(15-8-3-2-4-9-15)18(23)14-25-17-11-6-5-10-16(17)19(24)21-13-7-12-20;/h5-6,10-11,15H,2-4,7-9,12-14,20H2,1H3,(H,21,24);1H. The molecule has 1 aliphatic carbocycles. The highest BCUT2D eigenvalue weighted by molar-refractivity contribution is 8.00. The van der Waals surface area contributed by atoms with E-state index in [1.807, 2.05) is 30.1 Å². The number of nitrogens with one attached hydrogen (secondary N) is 1. The Morgan fingerprint density at radius 1 is 1.23 bits per heavy atom. The fourth-order valence-corrected chi connectivity index (χ4v) is 4.07. The summed E-state index contributed by atoms with van der Waals surface area (Å²) in [6.45, 7) is 1.12. The Hall–Kier alpha value is -1.24. The van der Waals surface area contributed by atoms with Crippen molar-refractivity contribution in [3.8, 4) is 0 Å². The second-order valence-corrected chi connectivity index (χ2v) is 7.50. The van der Waals surface area contributed by atoms with E-state index in [0.29, 0.717) is 30.4 Å². The second kappa shape index (κ2) is 12.2. The molecular weight excluding hydrogens is 370 g/mol. The number of hydrogen-bond donors (Lipinski definition) is 2. The van der Waals surface area contributed by atoms with Crippen LogP contribution in [0, 0.1) is 0 Å². The van der Waals surface area contributed by atoms with Gasteiger partial charge >= 0.3 is 0 Å². The molecule has 3 N–H and O–H groups in total. The number of nitrogens with two attached hydrogens (primary N) is 1. The molecule has 1 aromatic rings. The number of carbonyl (C=O) groups is 2. The predicted molar refractivity (Wildman–Crippen MR) is 110 cm³/mol. The quantitative estimate of drug-likeness (QED) is 0.520. The summed E-state index contributed by atoms with van der Waals surface area (Å²) >= 11 is 1.44. The maximum Gasteiger partial charge on any atom is 0.252 e. The molecule has 0 unspecified atom stereocenters. The second-order valence-electron chi connectivity index (χ2n) is 6.48. The third-order valence-corrected chi connectivity index (χ3v) is 5.72. The first-order valence-corrected chi connectivity index (χ1v) is 10.1. The van der Waals surface area contributed by atoms with Gasteiger partial charge in [-0.1, -0.05) is 31.4 Å². The highest BCUT2D eigenvalue weighted by Crippen LogP contribution is 2.25. The first-order valence-electron chi connectivity index (χ1n) is 9.09. The zero-order chi connectivity index (χ0) is 18.1. The molecule has 0 heterocycles. The number of halogens is 1. The lowest BCUT2D eigenvalue weighted by Gasteiger charge is -2.31. The first-order chi connectivity index (χ1) is 12.1. The summed E-state index contributed by atoms with van der Waals surface area (Å²) in [6.07, 6.45) is 6.66. The van der Waals surface area contributed by atoms with E-state index >= 15 is 0 Å². The number of benzene rings is 1. The summed E-state index contributed by atoms with van der Waals surface area (Å²) in [6, 6.07) is 7.81. The monoisotopic (exact) mass is 399 g/mol. The zero-order valence-corrected chi connectivity index (χ0v) is 17.0. The van der Waals surface area contributed by atoms with Crippen LogP contribution < -0.4 is 11.1 Å². The average molecular weight is 400 g/mol. The Kier molecular flexibility index (Phi) is 10.7. The molecule has 1 aromatic carbocycles. The van der Waals surface area contributed by atoms with Crippen molar-refractivity contribution in [2.24, 2.45) is 5.73 Å². The third-order valence-electron chi connectivity index (χ3n) is 4.67. The molecule has 7 heteroatoms. The fraction of sp³-hybridized carbons (Fsp3) is 0.579. The number of carbonyl (C=O) groups excluding carboxylic acids is 2. The van der Waals surface area contributed by atoms with Crippen molar-refractivity contribution in [2.75, 3.05) is 25.9 Å². The van der Waals surface area contributed by atoms with Crippen LogP contribution in [0.2, 0.25) is 0 Å². The normalized spacial score (nSPS) is 14.4. The molecule has 0 radical (unpaired) electrons. The van der Waals surface area contributed by atoms with E-state index < -0.39 is 0 Å². The Bertz CT molecular complexity index is 580. The van der Waals surface area contributed by atoms with E-state index in [4.69, 9.17) is 5.73 Å². The molecule has 0 bridgehead atoms. The highest BCUT2D eigenvalue weighted by Gasteiger charge is 2.22. The van der Waals surface area contributed by atoms with Crippen molar-refractivity contribution in [1.82, 2.24) is 10.2 Å². The van der Waals surface area contributed by atoms with Gasteiger partial charge in [0.05, 0.1) is 11.3 Å². The van der Waals surface area contributed by atoms with E-state index in [9.17, 15) is 9.59 Å². The third kappa shape index (κ3) is 6.82. The predicted octanol–water partition coefficient (Wildman–Crippen LogP) is 3.07. The van der Waals surface area contributed by atoms with Crippen LogP contribution in [0.15, 0.2) is 29.2 Å². The van der Waals surface area contributed by atoms with Crippen LogP contribution in [-0.4, -0.2) is 48.6 Å². The first kappa shape index (κ1) is 22.8. The van der Waals surface area contributed by atoms with Gasteiger partial charge in [-0.2, -0.15) is 0 Å². The summed E-state index contributed by atoms with van der Waals surface area (Å²) in [5, 5.41) is 2.87. The fourth-order valence-electron chi connectivity index (χ4n) is 3.09. The number of rotatable bonds is 8. The molecule has 1 aliphatic rings. The maximum absolute atomic E-state index is 12.5. The molecule has 0 aromatic heterocycles. The molecule has 1 fully saturated rings. The van der Waals surface area contributed by atoms with Crippen LogP contribution in [0.25, 0.3) is 0 Å². The van der Waals surface area contributed by atoms with Gasteiger partial charge in [0.15, 0.2) is 0 Å². The lowest BCUT2D eigenvalue weighted by Crippen LogP contribution is -2.39. The Morgan fingerprint density at radius 3 is 2.62 bits per heavy atom. The smallest absolute Gasteiger partial charge is 0.252 e. The lowest BCUT2D eigenvalue weighted by atomic mass is 9.94. The minimum Gasteiger partial charge on any atom is -0.352 e. The van der Waals surface area contributed by atoms with Gasteiger partial charge < -0.3 is 16.0 Å². The SMILES string of the molecule is CN(C(=O)CSc1ccccc1C(=O)NCCCN)C1CCCCC1.Cl. The number of amides is 2. The van der Waals surface area contributed by atoms with Gasteiger partial charge in [-0.05, 0) is 37.9 Å². The molecular formula is C19H30ClN3O2S. The van der Waals surface area contributed by atoms with Crippen molar-refractivity contribution in [1.29, 1.82) is 0 Å². The van der Waals surface area contributed by atoms with Gasteiger partial charge in [0.1, 0.15) is 0 Å². The minimum absolute atomic E-state index is 0. The zero-order valence-electron chi connectivity index (χ0n) is 15.4. The molecule has 146 valence electrons. The van der Waals surface area contributed by atoms with Crippen LogP contribution in [0.4, 0.5) is 0 Å². The van der Waals surface area contributed by atoms with Gasteiger partial charge in [-0.3, -0.25) is 9.59 Å². The van der Waals surface area contributed by atoms with Crippen LogP contribution in [0.5, 0.6) is 0 Å². The van der Waals surface area contributed by atoms with E-state index in [1.54, 1.807) is 6.07 Å². The van der Waals surface area contributed by atoms with E-state index in [1.165, 1.54) is 31.0 Å². The summed E-state index contributed by atoms with van der Waals surface area (Å²) in [4.78, 5) is 27.5. The summed E-state index contributed by atoms with van der Waals surface area (Å²) in [5.74, 6) is 0.389. The molecule has 0 aliphatic heterocycles. The van der Waals surface area contributed by atoms with Crippen LogP contribution in [-0.2, 0) is 4.79 Å². The highest BCUT2D eigenvalue weighted by atomic mass is 35.5. The summed E-state index contributed by atoms with van der Waals surface area (Å²) in [7, 11) is 1.91. The molecule has 2 rings (SSSR count). The number of nitrogens with zero attached hydrogens (tertiary/aromatic N) is 1. The molecule has 0 spiro atoms. The molecule has 0 atom stereocenters. The maximum atomic E-state index is 12.5. The largest absolute Gasteiger partial charge is 0.352 e. The van der Waals surface area contributed by atoms with Crippen molar-refractivity contribution in [3.63, 3.8) is 0 Å². The van der Waals surface area contributed by atoms with Crippen LogP contribution >= 0.6 is 24.2 Å². The van der Waals surface area contributed by atoms with Gasteiger partial charge in [-0.15, -0.1) is 24.2 Å². The van der Waals surface area contributed by atoms with Gasteiger partial charge in [0.2, 0.25) is 5.91 Å². The van der Waals surface area contributed by atoms with Crippen LogP contribution in [0.3, 0.4) is 0 Å².